The first kappa shape index (κ1) is 16.5. The van der Waals surface area contributed by atoms with Gasteiger partial charge in [-0.3, -0.25) is 9.89 Å². The Bertz CT molecular complexity index is 905. The molecule has 0 spiro atoms. The largest absolute Gasteiger partial charge is 0.477 e. The SMILES string of the molecule is O=C(O)c1cc(=O)n(-c2ccc(CS(=O)(=O)N3CCCC3)cc2)[nH]1. The Morgan fingerprint density at radius 2 is 1.79 bits per heavy atom. The first-order chi connectivity index (χ1) is 11.4. The van der Waals surface area contributed by atoms with Crippen LogP contribution in [0.3, 0.4) is 0 Å². The van der Waals surface area contributed by atoms with Crippen LogP contribution >= 0.6 is 0 Å². The number of hydrogen-bond donors (Lipinski definition) is 2. The number of aromatic nitrogens is 2. The lowest BCUT2D eigenvalue weighted by Gasteiger charge is -2.15. The monoisotopic (exact) mass is 351 g/mol. The van der Waals surface area contributed by atoms with Crippen LogP contribution in [0.2, 0.25) is 0 Å². The molecule has 0 radical (unpaired) electrons. The molecular formula is C15H17N3O5S. The van der Waals surface area contributed by atoms with E-state index in [2.05, 4.69) is 5.10 Å². The van der Waals surface area contributed by atoms with Crippen LogP contribution in [0.4, 0.5) is 0 Å². The van der Waals surface area contributed by atoms with E-state index in [1.807, 2.05) is 0 Å². The zero-order valence-corrected chi connectivity index (χ0v) is 13.6. The highest BCUT2D eigenvalue weighted by molar-refractivity contribution is 7.88. The third-order valence-corrected chi connectivity index (χ3v) is 5.80. The number of nitrogens with zero attached hydrogens (tertiary/aromatic N) is 2. The molecule has 0 saturated carbocycles. The maximum Gasteiger partial charge on any atom is 0.353 e. The number of carboxylic acid groups (broad SMARTS) is 1. The molecule has 0 aliphatic carbocycles. The molecule has 2 aromatic rings. The van der Waals surface area contributed by atoms with E-state index in [1.54, 1.807) is 24.3 Å². The summed E-state index contributed by atoms with van der Waals surface area (Å²) in [6, 6.07) is 7.40. The zero-order chi connectivity index (χ0) is 17.3. The third kappa shape index (κ3) is 3.26. The highest BCUT2D eigenvalue weighted by Gasteiger charge is 2.25. The van der Waals surface area contributed by atoms with Gasteiger partial charge in [-0.25, -0.2) is 22.2 Å². The van der Waals surface area contributed by atoms with Crippen molar-refractivity contribution < 1.29 is 18.3 Å². The lowest BCUT2D eigenvalue weighted by atomic mass is 10.2. The average Bonchev–Trinajstić information content (AvgIpc) is 3.17. The van der Waals surface area contributed by atoms with Crippen molar-refractivity contribution >= 4 is 16.0 Å². The number of carbonyl (C=O) groups is 1. The van der Waals surface area contributed by atoms with Crippen LogP contribution < -0.4 is 5.56 Å². The second-order valence-corrected chi connectivity index (χ2v) is 7.65. The number of sulfonamides is 1. The van der Waals surface area contributed by atoms with Gasteiger partial charge in [-0.05, 0) is 30.5 Å². The predicted octanol–water partition coefficient (Wildman–Crippen LogP) is 0.789. The minimum Gasteiger partial charge on any atom is -0.477 e. The van der Waals surface area contributed by atoms with Gasteiger partial charge in [-0.15, -0.1) is 0 Å². The molecule has 0 amide bonds. The Balaban J connectivity index is 1.81. The number of nitrogens with one attached hydrogen (secondary N) is 1. The summed E-state index contributed by atoms with van der Waals surface area (Å²) in [6.07, 6.45) is 1.78. The van der Waals surface area contributed by atoms with E-state index < -0.39 is 21.6 Å². The minimum atomic E-state index is -3.33. The molecule has 1 aliphatic heterocycles. The van der Waals surface area contributed by atoms with E-state index in [9.17, 15) is 18.0 Å². The van der Waals surface area contributed by atoms with Gasteiger partial charge < -0.3 is 5.11 Å². The predicted molar refractivity (Wildman–Crippen MR) is 86.8 cm³/mol. The quantitative estimate of drug-likeness (QED) is 0.827. The molecule has 2 heterocycles. The Morgan fingerprint density at radius 3 is 2.33 bits per heavy atom. The number of rotatable bonds is 5. The number of hydrogen-bond acceptors (Lipinski definition) is 4. The van der Waals surface area contributed by atoms with Crippen molar-refractivity contribution in [1.29, 1.82) is 0 Å². The van der Waals surface area contributed by atoms with Crippen LogP contribution in [0.25, 0.3) is 5.69 Å². The summed E-state index contributed by atoms with van der Waals surface area (Å²) in [5.74, 6) is -1.31. The molecule has 2 N–H and O–H groups in total. The van der Waals surface area contributed by atoms with Gasteiger partial charge >= 0.3 is 5.97 Å². The fraction of sp³-hybridized carbons (Fsp3) is 0.333. The van der Waals surface area contributed by atoms with E-state index in [4.69, 9.17) is 5.11 Å². The molecule has 3 rings (SSSR count). The highest BCUT2D eigenvalue weighted by atomic mass is 32.2. The first-order valence-corrected chi connectivity index (χ1v) is 9.10. The summed E-state index contributed by atoms with van der Waals surface area (Å²) in [7, 11) is -3.33. The molecule has 8 nitrogen and oxygen atoms in total. The Kier molecular flexibility index (Phi) is 4.29. The van der Waals surface area contributed by atoms with E-state index in [0.717, 1.165) is 23.6 Å². The molecule has 0 bridgehead atoms. The topological polar surface area (TPSA) is 112 Å². The Hall–Kier alpha value is -2.39. The molecule has 1 aliphatic rings. The van der Waals surface area contributed by atoms with Gasteiger partial charge in [-0.1, -0.05) is 12.1 Å². The normalized spacial score (nSPS) is 15.7. The second kappa shape index (κ2) is 6.25. The number of H-pyrrole nitrogens is 1. The molecule has 128 valence electrons. The van der Waals surface area contributed by atoms with Crippen LogP contribution in [0, 0.1) is 0 Å². The van der Waals surface area contributed by atoms with Crippen LogP contribution in [0.5, 0.6) is 0 Å². The maximum atomic E-state index is 12.3. The van der Waals surface area contributed by atoms with E-state index in [-0.39, 0.29) is 11.4 Å². The molecule has 24 heavy (non-hydrogen) atoms. The van der Waals surface area contributed by atoms with Crippen molar-refractivity contribution in [3.63, 3.8) is 0 Å². The molecule has 0 unspecified atom stereocenters. The van der Waals surface area contributed by atoms with Crippen molar-refractivity contribution in [2.75, 3.05) is 13.1 Å². The van der Waals surface area contributed by atoms with Gasteiger partial charge in [0.25, 0.3) is 5.56 Å². The van der Waals surface area contributed by atoms with E-state index in [0.29, 0.717) is 24.3 Å². The summed E-state index contributed by atoms with van der Waals surface area (Å²) in [4.78, 5) is 22.7. The average molecular weight is 351 g/mol. The summed E-state index contributed by atoms with van der Waals surface area (Å²) in [6.45, 7) is 1.13. The molecule has 9 heteroatoms. The smallest absolute Gasteiger partial charge is 0.353 e. The summed E-state index contributed by atoms with van der Waals surface area (Å²) in [5.41, 5.74) is 0.351. The lowest BCUT2D eigenvalue weighted by molar-refractivity contribution is 0.0690. The van der Waals surface area contributed by atoms with Gasteiger partial charge in [0.1, 0.15) is 5.69 Å². The Labute approximate surface area is 138 Å². The fourth-order valence-electron chi connectivity index (χ4n) is 2.71. The van der Waals surface area contributed by atoms with Gasteiger partial charge in [0, 0.05) is 19.2 Å². The van der Waals surface area contributed by atoms with Crippen molar-refractivity contribution in [3.05, 3.63) is 51.9 Å². The Morgan fingerprint density at radius 1 is 1.17 bits per heavy atom. The van der Waals surface area contributed by atoms with Gasteiger partial charge in [-0.2, -0.15) is 0 Å². The molecule has 1 aromatic carbocycles. The zero-order valence-electron chi connectivity index (χ0n) is 12.8. The first-order valence-electron chi connectivity index (χ1n) is 7.49. The highest BCUT2D eigenvalue weighted by Crippen LogP contribution is 2.18. The second-order valence-electron chi connectivity index (χ2n) is 5.68. The maximum absolute atomic E-state index is 12.3. The fourth-order valence-corrected chi connectivity index (χ4v) is 4.32. The molecular weight excluding hydrogens is 334 g/mol. The standard InChI is InChI=1S/C15H17N3O5S/c19-14-9-13(15(20)21)16-18(14)12-5-3-11(4-6-12)10-24(22,23)17-7-1-2-8-17/h3-6,9,16H,1-2,7-8,10H2,(H,20,21). The summed E-state index contributed by atoms with van der Waals surface area (Å²) in [5, 5.41) is 11.4. The number of benzene rings is 1. The van der Waals surface area contributed by atoms with E-state index >= 15 is 0 Å². The summed E-state index contributed by atoms with van der Waals surface area (Å²) < 4.78 is 27.2. The molecule has 1 fully saturated rings. The molecule has 1 aromatic heterocycles. The number of aromatic carboxylic acids is 1. The third-order valence-electron chi connectivity index (χ3n) is 3.95. The minimum absolute atomic E-state index is 0.0900. The van der Waals surface area contributed by atoms with Crippen LogP contribution in [0.15, 0.2) is 35.1 Å². The van der Waals surface area contributed by atoms with Crippen LogP contribution in [-0.2, 0) is 15.8 Å². The van der Waals surface area contributed by atoms with Crippen molar-refractivity contribution in [3.8, 4) is 5.69 Å². The lowest BCUT2D eigenvalue weighted by Crippen LogP contribution is -2.29. The number of aromatic amines is 1. The molecule has 1 saturated heterocycles. The van der Waals surface area contributed by atoms with Crippen LogP contribution in [0.1, 0.15) is 28.9 Å². The summed E-state index contributed by atoms with van der Waals surface area (Å²) >= 11 is 0. The van der Waals surface area contributed by atoms with Crippen molar-refractivity contribution in [1.82, 2.24) is 14.1 Å². The van der Waals surface area contributed by atoms with Gasteiger partial charge in [0.05, 0.1) is 11.4 Å². The van der Waals surface area contributed by atoms with E-state index in [1.165, 1.54) is 4.31 Å². The molecule has 0 atom stereocenters. The van der Waals surface area contributed by atoms with Crippen molar-refractivity contribution in [2.45, 2.75) is 18.6 Å². The van der Waals surface area contributed by atoms with Gasteiger partial charge in [0.15, 0.2) is 0 Å². The van der Waals surface area contributed by atoms with Crippen molar-refractivity contribution in [2.24, 2.45) is 0 Å². The van der Waals surface area contributed by atoms with Gasteiger partial charge in [0.2, 0.25) is 10.0 Å². The number of carboxylic acids is 1. The van der Waals surface area contributed by atoms with Crippen LogP contribution in [-0.4, -0.2) is 46.7 Å².